The first-order chi connectivity index (χ1) is 12.1. The Kier molecular flexibility index (Phi) is 5.14. The molecule has 0 spiro atoms. The molecule has 1 heterocycles. The Morgan fingerprint density at radius 2 is 1.92 bits per heavy atom. The average molecular weight is 334 g/mol. The summed E-state index contributed by atoms with van der Waals surface area (Å²) in [6.07, 6.45) is 2.35. The van der Waals surface area contributed by atoms with Gasteiger partial charge in [-0.05, 0) is 43.7 Å². The highest BCUT2D eigenvalue weighted by molar-refractivity contribution is 5.92. The quantitative estimate of drug-likeness (QED) is 0.547. The molecule has 3 rings (SSSR count). The maximum atomic E-state index is 5.93. The second-order valence-electron chi connectivity index (χ2n) is 6.02. The molecule has 3 N–H and O–H groups in total. The fourth-order valence-corrected chi connectivity index (χ4v) is 2.45. The molecule has 0 fully saturated rings. The highest BCUT2D eigenvalue weighted by Crippen LogP contribution is 2.19. The van der Waals surface area contributed by atoms with Crippen LogP contribution in [-0.2, 0) is 6.42 Å². The second kappa shape index (κ2) is 7.66. The Bertz CT molecular complexity index is 865. The molecular formula is C20H22N4O. The summed E-state index contributed by atoms with van der Waals surface area (Å²) in [6, 6.07) is 16.1. The molecule has 0 unspecified atom stereocenters. The number of rotatable bonds is 5. The van der Waals surface area contributed by atoms with E-state index >= 15 is 0 Å². The van der Waals surface area contributed by atoms with E-state index in [9.17, 15) is 0 Å². The van der Waals surface area contributed by atoms with E-state index in [0.29, 0.717) is 24.8 Å². The highest BCUT2D eigenvalue weighted by atomic mass is 16.3. The standard InChI is InChI=1S/C20H22N4O/c1-14-6-8-16(9-7-14)19-23-18(13-25-19)10-11-22-20(21)24-17-5-3-4-15(2)12-17/h3-9,12-13H,10-11H2,1-2H3,(H3,21,22,24). The third kappa shape index (κ3) is 4.70. The normalized spacial score (nSPS) is 11.5. The van der Waals surface area contributed by atoms with Crippen molar-refractivity contribution in [3.05, 3.63) is 71.6 Å². The van der Waals surface area contributed by atoms with Crippen molar-refractivity contribution in [3.63, 3.8) is 0 Å². The van der Waals surface area contributed by atoms with E-state index in [1.807, 2.05) is 55.5 Å². The maximum absolute atomic E-state index is 5.93. The van der Waals surface area contributed by atoms with Crippen LogP contribution in [0.5, 0.6) is 0 Å². The summed E-state index contributed by atoms with van der Waals surface area (Å²) in [7, 11) is 0. The molecule has 3 aromatic rings. The third-order valence-corrected chi connectivity index (χ3v) is 3.79. The van der Waals surface area contributed by atoms with Gasteiger partial charge in [0.25, 0.3) is 0 Å². The molecule has 0 amide bonds. The zero-order valence-electron chi connectivity index (χ0n) is 14.5. The minimum Gasteiger partial charge on any atom is -0.444 e. The van der Waals surface area contributed by atoms with Gasteiger partial charge in [0.05, 0.1) is 5.69 Å². The first-order valence-electron chi connectivity index (χ1n) is 8.25. The van der Waals surface area contributed by atoms with Gasteiger partial charge in [-0.3, -0.25) is 4.99 Å². The fourth-order valence-electron chi connectivity index (χ4n) is 2.45. The van der Waals surface area contributed by atoms with Crippen molar-refractivity contribution in [2.24, 2.45) is 10.7 Å². The van der Waals surface area contributed by atoms with Crippen molar-refractivity contribution in [1.29, 1.82) is 0 Å². The molecule has 5 heteroatoms. The van der Waals surface area contributed by atoms with Crippen LogP contribution >= 0.6 is 0 Å². The SMILES string of the molecule is Cc1ccc(-c2nc(CCN=C(N)Nc3cccc(C)c3)co2)cc1. The molecule has 128 valence electrons. The topological polar surface area (TPSA) is 76.4 Å². The van der Waals surface area contributed by atoms with Gasteiger partial charge in [-0.15, -0.1) is 0 Å². The number of aromatic nitrogens is 1. The minimum absolute atomic E-state index is 0.396. The number of oxazole rings is 1. The molecule has 1 aromatic heterocycles. The first-order valence-corrected chi connectivity index (χ1v) is 8.25. The van der Waals surface area contributed by atoms with E-state index in [-0.39, 0.29) is 0 Å². The van der Waals surface area contributed by atoms with Crippen LogP contribution in [0, 0.1) is 13.8 Å². The van der Waals surface area contributed by atoms with E-state index in [1.54, 1.807) is 6.26 Å². The third-order valence-electron chi connectivity index (χ3n) is 3.79. The zero-order valence-corrected chi connectivity index (χ0v) is 14.5. The smallest absolute Gasteiger partial charge is 0.226 e. The molecule has 0 aliphatic carbocycles. The lowest BCUT2D eigenvalue weighted by atomic mass is 10.1. The number of aliphatic imine (C=N–C) groups is 1. The Morgan fingerprint density at radius 3 is 2.68 bits per heavy atom. The molecule has 2 aromatic carbocycles. The molecule has 0 saturated heterocycles. The summed E-state index contributed by atoms with van der Waals surface area (Å²) in [6.45, 7) is 4.64. The lowest BCUT2D eigenvalue weighted by Crippen LogP contribution is -2.23. The van der Waals surface area contributed by atoms with Crippen molar-refractivity contribution in [2.75, 3.05) is 11.9 Å². The summed E-state index contributed by atoms with van der Waals surface area (Å²) in [5.74, 6) is 1.03. The number of nitrogens with zero attached hydrogens (tertiary/aromatic N) is 2. The van der Waals surface area contributed by atoms with Crippen molar-refractivity contribution in [1.82, 2.24) is 4.98 Å². The maximum Gasteiger partial charge on any atom is 0.226 e. The summed E-state index contributed by atoms with van der Waals surface area (Å²) in [5, 5.41) is 3.09. The van der Waals surface area contributed by atoms with Crippen LogP contribution in [0.4, 0.5) is 5.69 Å². The molecule has 0 saturated carbocycles. The van der Waals surface area contributed by atoms with Gasteiger partial charge in [0.1, 0.15) is 6.26 Å². The van der Waals surface area contributed by atoms with Gasteiger partial charge in [0, 0.05) is 24.2 Å². The number of nitrogens with two attached hydrogens (primary N) is 1. The summed E-state index contributed by atoms with van der Waals surface area (Å²) >= 11 is 0. The lowest BCUT2D eigenvalue weighted by Gasteiger charge is -2.05. The molecule has 0 atom stereocenters. The van der Waals surface area contributed by atoms with Gasteiger partial charge in [-0.2, -0.15) is 0 Å². The van der Waals surface area contributed by atoms with Crippen LogP contribution in [0.15, 0.2) is 64.2 Å². The van der Waals surface area contributed by atoms with Crippen LogP contribution < -0.4 is 11.1 Å². The number of nitrogens with one attached hydrogen (secondary N) is 1. The Labute approximate surface area is 147 Å². The van der Waals surface area contributed by atoms with Gasteiger partial charge < -0.3 is 15.5 Å². The number of anilines is 1. The van der Waals surface area contributed by atoms with Gasteiger partial charge in [-0.25, -0.2) is 4.98 Å². The Morgan fingerprint density at radius 1 is 1.12 bits per heavy atom. The Balaban J connectivity index is 1.56. The summed E-state index contributed by atoms with van der Waals surface area (Å²) in [5.41, 5.74) is 11.1. The molecule has 0 aliphatic heterocycles. The molecule has 5 nitrogen and oxygen atoms in total. The Hall–Kier alpha value is -3.08. The lowest BCUT2D eigenvalue weighted by molar-refractivity contribution is 0.572. The molecule has 0 bridgehead atoms. The number of hydrogen-bond donors (Lipinski definition) is 2. The predicted molar refractivity (Wildman–Crippen MR) is 102 cm³/mol. The monoisotopic (exact) mass is 334 g/mol. The van der Waals surface area contributed by atoms with E-state index in [1.165, 1.54) is 11.1 Å². The van der Waals surface area contributed by atoms with E-state index < -0.39 is 0 Å². The van der Waals surface area contributed by atoms with Crippen molar-refractivity contribution < 1.29 is 4.42 Å². The van der Waals surface area contributed by atoms with Gasteiger partial charge in [0.2, 0.25) is 5.89 Å². The van der Waals surface area contributed by atoms with E-state index in [0.717, 1.165) is 16.9 Å². The fraction of sp³-hybridized carbons (Fsp3) is 0.200. The predicted octanol–water partition coefficient (Wildman–Crippen LogP) is 3.93. The summed E-state index contributed by atoms with van der Waals surface area (Å²) in [4.78, 5) is 8.85. The number of aryl methyl sites for hydroxylation is 2. The summed E-state index contributed by atoms with van der Waals surface area (Å²) < 4.78 is 5.55. The molecular weight excluding hydrogens is 312 g/mol. The molecule has 0 aliphatic rings. The van der Waals surface area contributed by atoms with E-state index in [2.05, 4.69) is 22.2 Å². The van der Waals surface area contributed by atoms with Crippen molar-refractivity contribution >= 4 is 11.6 Å². The van der Waals surface area contributed by atoms with Crippen LogP contribution in [0.3, 0.4) is 0 Å². The van der Waals surface area contributed by atoms with Gasteiger partial charge in [-0.1, -0.05) is 29.8 Å². The minimum atomic E-state index is 0.396. The second-order valence-corrected chi connectivity index (χ2v) is 6.02. The molecule has 25 heavy (non-hydrogen) atoms. The number of hydrogen-bond acceptors (Lipinski definition) is 3. The number of guanidine groups is 1. The van der Waals surface area contributed by atoms with E-state index in [4.69, 9.17) is 10.2 Å². The van der Waals surface area contributed by atoms with Crippen LogP contribution in [0.2, 0.25) is 0 Å². The van der Waals surface area contributed by atoms with Gasteiger partial charge in [0.15, 0.2) is 5.96 Å². The van der Waals surface area contributed by atoms with Gasteiger partial charge >= 0.3 is 0 Å². The van der Waals surface area contributed by atoms with Crippen molar-refractivity contribution in [2.45, 2.75) is 20.3 Å². The van der Waals surface area contributed by atoms with Crippen LogP contribution in [-0.4, -0.2) is 17.5 Å². The highest BCUT2D eigenvalue weighted by Gasteiger charge is 2.06. The largest absolute Gasteiger partial charge is 0.444 e. The van der Waals surface area contributed by atoms with Crippen molar-refractivity contribution in [3.8, 4) is 11.5 Å². The molecule has 0 radical (unpaired) electrons. The van der Waals surface area contributed by atoms with Crippen LogP contribution in [0.25, 0.3) is 11.5 Å². The number of benzene rings is 2. The first kappa shape index (κ1) is 16.8. The average Bonchev–Trinajstić information content (AvgIpc) is 3.04. The van der Waals surface area contributed by atoms with Crippen LogP contribution in [0.1, 0.15) is 16.8 Å². The zero-order chi connectivity index (χ0) is 17.6.